The second kappa shape index (κ2) is 7.29. The highest BCUT2D eigenvalue weighted by Crippen LogP contribution is 2.17. The lowest BCUT2D eigenvalue weighted by Gasteiger charge is -2.28. The third kappa shape index (κ3) is 7.45. The number of carbonyl (C=O) groups excluding carboxylic acids is 2. The summed E-state index contributed by atoms with van der Waals surface area (Å²) >= 11 is 3.33. The Bertz CT molecular complexity index is 548. The van der Waals surface area contributed by atoms with Crippen molar-refractivity contribution in [2.45, 2.75) is 59.3 Å². The van der Waals surface area contributed by atoms with Gasteiger partial charge in [0.05, 0.1) is 12.2 Å². The minimum absolute atomic E-state index is 0.0384. The van der Waals surface area contributed by atoms with Crippen molar-refractivity contribution in [2.24, 2.45) is 0 Å². The monoisotopic (exact) mass is 386 g/mol. The SMILES string of the molecule is CC(C)(C)OC(=O)N(Cc1cc(Br)ccn1)C(=O)OC(C)(C)C. The Morgan fingerprint density at radius 2 is 1.57 bits per heavy atom. The van der Waals surface area contributed by atoms with Gasteiger partial charge in [-0.25, -0.2) is 14.5 Å². The fourth-order valence-electron chi connectivity index (χ4n) is 1.53. The highest BCUT2D eigenvalue weighted by atomic mass is 79.9. The Labute approximate surface area is 145 Å². The van der Waals surface area contributed by atoms with Crippen LogP contribution in [0.1, 0.15) is 47.2 Å². The van der Waals surface area contributed by atoms with Gasteiger partial charge in [-0.05, 0) is 53.7 Å². The third-order valence-corrected chi connectivity index (χ3v) is 2.82. The molecular formula is C16H23BrN2O4. The lowest BCUT2D eigenvalue weighted by Crippen LogP contribution is -2.43. The Kier molecular flexibility index (Phi) is 6.16. The molecule has 0 saturated carbocycles. The Hall–Kier alpha value is -1.63. The van der Waals surface area contributed by atoms with E-state index in [1.54, 1.807) is 59.9 Å². The summed E-state index contributed by atoms with van der Waals surface area (Å²) < 4.78 is 11.4. The van der Waals surface area contributed by atoms with Crippen molar-refractivity contribution in [3.05, 3.63) is 28.5 Å². The van der Waals surface area contributed by atoms with Crippen LogP contribution in [0.2, 0.25) is 0 Å². The topological polar surface area (TPSA) is 68.7 Å². The molecule has 0 aliphatic rings. The predicted molar refractivity (Wildman–Crippen MR) is 89.9 cm³/mol. The number of rotatable bonds is 2. The molecule has 7 heteroatoms. The average Bonchev–Trinajstić information content (AvgIpc) is 2.31. The van der Waals surface area contributed by atoms with E-state index in [1.807, 2.05) is 0 Å². The second-order valence-electron chi connectivity index (χ2n) is 7.01. The maximum Gasteiger partial charge on any atom is 0.420 e. The van der Waals surface area contributed by atoms with Crippen molar-refractivity contribution < 1.29 is 19.1 Å². The quantitative estimate of drug-likeness (QED) is 0.747. The molecule has 0 unspecified atom stereocenters. The van der Waals surface area contributed by atoms with E-state index in [0.717, 1.165) is 9.37 Å². The standard InChI is InChI=1S/C16H23BrN2O4/c1-15(2,3)22-13(20)19(14(21)23-16(4,5)6)10-12-9-11(17)7-8-18-12/h7-9H,10H2,1-6H3. The first kappa shape index (κ1) is 19.4. The zero-order valence-electron chi connectivity index (χ0n) is 14.3. The molecule has 0 aromatic carbocycles. The third-order valence-electron chi connectivity index (χ3n) is 2.33. The molecule has 1 rings (SSSR count). The van der Waals surface area contributed by atoms with Gasteiger partial charge in [-0.3, -0.25) is 4.98 Å². The van der Waals surface area contributed by atoms with Crippen molar-refractivity contribution >= 4 is 28.1 Å². The maximum absolute atomic E-state index is 12.3. The van der Waals surface area contributed by atoms with Crippen LogP contribution >= 0.6 is 15.9 Å². The van der Waals surface area contributed by atoms with Gasteiger partial charge in [-0.15, -0.1) is 0 Å². The number of hydrogen-bond acceptors (Lipinski definition) is 5. The van der Waals surface area contributed by atoms with Gasteiger partial charge >= 0.3 is 12.2 Å². The smallest absolute Gasteiger partial charge is 0.420 e. The summed E-state index contributed by atoms with van der Waals surface area (Å²) in [5, 5.41) is 0. The summed E-state index contributed by atoms with van der Waals surface area (Å²) in [7, 11) is 0. The molecule has 23 heavy (non-hydrogen) atoms. The van der Waals surface area contributed by atoms with E-state index in [0.29, 0.717) is 5.69 Å². The van der Waals surface area contributed by atoms with E-state index >= 15 is 0 Å². The second-order valence-corrected chi connectivity index (χ2v) is 7.93. The Morgan fingerprint density at radius 3 is 1.96 bits per heavy atom. The van der Waals surface area contributed by atoms with Gasteiger partial charge in [0.2, 0.25) is 0 Å². The number of carbonyl (C=O) groups is 2. The number of pyridine rings is 1. The van der Waals surface area contributed by atoms with Crippen molar-refractivity contribution in [2.75, 3.05) is 0 Å². The van der Waals surface area contributed by atoms with E-state index in [2.05, 4.69) is 20.9 Å². The number of hydrogen-bond donors (Lipinski definition) is 0. The lowest BCUT2D eigenvalue weighted by molar-refractivity contribution is -0.000478. The highest BCUT2D eigenvalue weighted by Gasteiger charge is 2.31. The molecule has 1 heterocycles. The summed E-state index contributed by atoms with van der Waals surface area (Å²) in [6, 6.07) is 3.48. The number of ether oxygens (including phenoxy) is 2. The first-order valence-corrected chi connectivity index (χ1v) is 8.00. The van der Waals surface area contributed by atoms with E-state index < -0.39 is 23.4 Å². The number of imide groups is 1. The number of amides is 2. The normalized spacial score (nSPS) is 11.8. The molecule has 128 valence electrons. The molecule has 0 radical (unpaired) electrons. The average molecular weight is 387 g/mol. The van der Waals surface area contributed by atoms with E-state index in [1.165, 1.54) is 0 Å². The van der Waals surface area contributed by atoms with E-state index in [-0.39, 0.29) is 6.54 Å². The molecule has 0 aliphatic heterocycles. The fourth-order valence-corrected chi connectivity index (χ4v) is 1.92. The fraction of sp³-hybridized carbons (Fsp3) is 0.562. The molecule has 0 fully saturated rings. The number of aromatic nitrogens is 1. The molecule has 0 bridgehead atoms. The van der Waals surface area contributed by atoms with Gasteiger partial charge in [-0.1, -0.05) is 15.9 Å². The van der Waals surface area contributed by atoms with Crippen LogP contribution in [0.25, 0.3) is 0 Å². The molecule has 2 amide bonds. The van der Waals surface area contributed by atoms with E-state index in [4.69, 9.17) is 9.47 Å². The van der Waals surface area contributed by atoms with Crippen molar-refractivity contribution in [3.8, 4) is 0 Å². The molecule has 0 spiro atoms. The minimum atomic E-state index is -0.770. The summed E-state index contributed by atoms with van der Waals surface area (Å²) in [5.74, 6) is 0. The van der Waals surface area contributed by atoms with Crippen molar-refractivity contribution in [1.29, 1.82) is 0 Å². The van der Waals surface area contributed by atoms with Gasteiger partial charge < -0.3 is 9.47 Å². The van der Waals surface area contributed by atoms with Gasteiger partial charge in [0, 0.05) is 10.7 Å². The van der Waals surface area contributed by atoms with Crippen LogP contribution in [-0.2, 0) is 16.0 Å². The van der Waals surface area contributed by atoms with Crippen LogP contribution in [0.15, 0.2) is 22.8 Å². The van der Waals surface area contributed by atoms with Crippen LogP contribution in [0.5, 0.6) is 0 Å². The zero-order valence-corrected chi connectivity index (χ0v) is 15.9. The van der Waals surface area contributed by atoms with Crippen LogP contribution in [0.4, 0.5) is 9.59 Å². The van der Waals surface area contributed by atoms with Gasteiger partial charge in [0.15, 0.2) is 0 Å². The number of nitrogens with zero attached hydrogens (tertiary/aromatic N) is 2. The van der Waals surface area contributed by atoms with Gasteiger partial charge in [-0.2, -0.15) is 0 Å². The first-order valence-electron chi connectivity index (χ1n) is 7.21. The Morgan fingerprint density at radius 1 is 1.09 bits per heavy atom. The summed E-state index contributed by atoms with van der Waals surface area (Å²) in [6.07, 6.45) is 0.0453. The molecule has 0 atom stereocenters. The molecule has 1 aromatic rings. The largest absolute Gasteiger partial charge is 0.443 e. The molecular weight excluding hydrogens is 364 g/mol. The molecule has 6 nitrogen and oxygen atoms in total. The van der Waals surface area contributed by atoms with Crippen LogP contribution in [0.3, 0.4) is 0 Å². The van der Waals surface area contributed by atoms with Gasteiger partial charge in [0.25, 0.3) is 0 Å². The maximum atomic E-state index is 12.3. The summed E-state index contributed by atoms with van der Waals surface area (Å²) in [5.41, 5.74) is -0.902. The molecule has 0 aliphatic carbocycles. The zero-order chi connectivity index (χ0) is 17.8. The van der Waals surface area contributed by atoms with Crippen LogP contribution < -0.4 is 0 Å². The molecule has 0 saturated heterocycles. The lowest BCUT2D eigenvalue weighted by atomic mass is 10.2. The minimum Gasteiger partial charge on any atom is -0.443 e. The van der Waals surface area contributed by atoms with Crippen LogP contribution in [-0.4, -0.2) is 33.3 Å². The number of halogens is 1. The highest BCUT2D eigenvalue weighted by molar-refractivity contribution is 9.10. The van der Waals surface area contributed by atoms with Crippen molar-refractivity contribution in [1.82, 2.24) is 9.88 Å². The first-order chi connectivity index (χ1) is 10.4. The van der Waals surface area contributed by atoms with Crippen molar-refractivity contribution in [3.63, 3.8) is 0 Å². The van der Waals surface area contributed by atoms with E-state index in [9.17, 15) is 9.59 Å². The summed E-state index contributed by atoms with van der Waals surface area (Å²) in [4.78, 5) is 29.7. The summed E-state index contributed by atoms with van der Waals surface area (Å²) in [6.45, 7) is 10.4. The molecule has 1 aromatic heterocycles. The Balaban J connectivity index is 3.00. The van der Waals surface area contributed by atoms with Gasteiger partial charge in [0.1, 0.15) is 11.2 Å². The van der Waals surface area contributed by atoms with Crippen LogP contribution in [0, 0.1) is 0 Å². The predicted octanol–water partition coefficient (Wildman–Crippen LogP) is 4.52. The molecule has 0 N–H and O–H groups in total.